The number of anilines is 1. The summed E-state index contributed by atoms with van der Waals surface area (Å²) in [7, 11) is 5.87. The molecule has 0 saturated heterocycles. The zero-order chi connectivity index (χ0) is 20.7. The summed E-state index contributed by atoms with van der Waals surface area (Å²) in [6, 6.07) is 7.67. The number of amides is 1. The molecule has 0 aliphatic carbocycles. The van der Waals surface area contributed by atoms with Gasteiger partial charge in [-0.05, 0) is 24.3 Å². The van der Waals surface area contributed by atoms with Gasteiger partial charge < -0.3 is 29.0 Å². The van der Waals surface area contributed by atoms with Crippen LogP contribution in [-0.4, -0.2) is 40.3 Å². The van der Waals surface area contributed by atoms with Gasteiger partial charge in [-0.1, -0.05) is 6.92 Å². The minimum Gasteiger partial charge on any atom is -0.495 e. The van der Waals surface area contributed by atoms with Crippen LogP contribution >= 0.6 is 0 Å². The summed E-state index contributed by atoms with van der Waals surface area (Å²) in [6.45, 7) is 1.73. The number of hydrogen-bond acceptors (Lipinski definition) is 7. The molecule has 1 N–H and O–H groups in total. The summed E-state index contributed by atoms with van der Waals surface area (Å²) in [5.41, 5.74) is 0.619. The van der Waals surface area contributed by atoms with E-state index in [1.165, 1.54) is 46.6 Å². The van der Waals surface area contributed by atoms with Crippen molar-refractivity contribution >= 4 is 17.6 Å². The summed E-state index contributed by atoms with van der Waals surface area (Å²) in [5, 5.41) is 2.70. The van der Waals surface area contributed by atoms with Crippen LogP contribution < -0.4 is 29.0 Å². The monoisotopic (exact) mass is 389 g/mol. The van der Waals surface area contributed by atoms with Crippen molar-refractivity contribution in [2.75, 3.05) is 33.8 Å². The van der Waals surface area contributed by atoms with E-state index in [-0.39, 0.29) is 17.2 Å². The molecule has 0 radical (unpaired) electrons. The molecule has 0 aromatic heterocycles. The van der Waals surface area contributed by atoms with E-state index in [1.807, 2.05) is 0 Å². The highest BCUT2D eigenvalue weighted by Gasteiger charge is 2.19. The number of carbonyl (C=O) groups excluding carboxylic acids is 2. The van der Waals surface area contributed by atoms with Crippen molar-refractivity contribution in [3.8, 4) is 28.7 Å². The topological polar surface area (TPSA) is 92.3 Å². The molecule has 0 heterocycles. The Labute approximate surface area is 163 Å². The van der Waals surface area contributed by atoms with Crippen LogP contribution in [0.2, 0.25) is 0 Å². The fourth-order valence-corrected chi connectivity index (χ4v) is 2.45. The third kappa shape index (κ3) is 4.64. The first-order valence-corrected chi connectivity index (χ1v) is 8.47. The fourth-order valence-electron chi connectivity index (χ4n) is 2.45. The van der Waals surface area contributed by atoms with Crippen molar-refractivity contribution in [1.82, 2.24) is 0 Å². The zero-order valence-corrected chi connectivity index (χ0v) is 16.5. The largest absolute Gasteiger partial charge is 0.495 e. The number of esters is 1. The van der Waals surface area contributed by atoms with Gasteiger partial charge in [0, 0.05) is 12.5 Å². The van der Waals surface area contributed by atoms with Crippen molar-refractivity contribution in [2.24, 2.45) is 0 Å². The molecule has 0 atom stereocenters. The minimum atomic E-state index is -0.628. The number of rotatable bonds is 8. The smallest absolute Gasteiger partial charge is 0.343 e. The molecule has 0 bridgehead atoms. The molecule has 0 unspecified atom stereocenters. The fraction of sp³-hybridized carbons (Fsp3) is 0.300. The van der Waals surface area contributed by atoms with E-state index >= 15 is 0 Å². The molecule has 1 amide bonds. The van der Waals surface area contributed by atoms with Crippen molar-refractivity contribution in [3.05, 3.63) is 35.9 Å². The maximum absolute atomic E-state index is 12.6. The Kier molecular flexibility index (Phi) is 7.08. The zero-order valence-electron chi connectivity index (χ0n) is 16.5. The summed E-state index contributed by atoms with van der Waals surface area (Å²) < 4.78 is 26.4. The van der Waals surface area contributed by atoms with Gasteiger partial charge in [0.05, 0.1) is 39.7 Å². The van der Waals surface area contributed by atoms with Gasteiger partial charge in [-0.15, -0.1) is 0 Å². The second-order valence-corrected chi connectivity index (χ2v) is 5.57. The SMILES string of the molecule is CCC(=O)Nc1cc(OC(=O)c2cc(OC)c(OC)c(OC)c2)ccc1OC. The van der Waals surface area contributed by atoms with Crippen LogP contribution in [-0.2, 0) is 4.79 Å². The Morgan fingerprint density at radius 2 is 1.46 bits per heavy atom. The van der Waals surface area contributed by atoms with E-state index in [1.54, 1.807) is 19.1 Å². The highest BCUT2D eigenvalue weighted by atomic mass is 16.5. The number of nitrogens with one attached hydrogen (secondary N) is 1. The number of ether oxygens (including phenoxy) is 5. The Hall–Kier alpha value is -3.42. The van der Waals surface area contributed by atoms with Gasteiger partial charge in [0.25, 0.3) is 0 Å². The molecule has 8 heteroatoms. The maximum atomic E-state index is 12.6. The van der Waals surface area contributed by atoms with Crippen LogP contribution in [0, 0.1) is 0 Å². The maximum Gasteiger partial charge on any atom is 0.343 e. The van der Waals surface area contributed by atoms with E-state index in [4.69, 9.17) is 23.7 Å². The lowest BCUT2D eigenvalue weighted by Gasteiger charge is -2.14. The molecule has 0 aliphatic rings. The number of methoxy groups -OCH3 is 4. The molecule has 2 aromatic carbocycles. The van der Waals surface area contributed by atoms with Gasteiger partial charge in [-0.3, -0.25) is 4.79 Å². The molecule has 150 valence electrons. The molecular formula is C20H23NO7. The quantitative estimate of drug-likeness (QED) is 0.547. The first kappa shape index (κ1) is 20.9. The van der Waals surface area contributed by atoms with Crippen LogP contribution in [0.3, 0.4) is 0 Å². The normalized spacial score (nSPS) is 10.0. The van der Waals surface area contributed by atoms with Crippen molar-refractivity contribution in [1.29, 1.82) is 0 Å². The van der Waals surface area contributed by atoms with Crippen molar-refractivity contribution in [2.45, 2.75) is 13.3 Å². The third-order valence-electron chi connectivity index (χ3n) is 3.88. The van der Waals surface area contributed by atoms with E-state index < -0.39 is 5.97 Å². The Morgan fingerprint density at radius 3 is 1.96 bits per heavy atom. The van der Waals surface area contributed by atoms with E-state index in [2.05, 4.69) is 5.32 Å². The molecule has 28 heavy (non-hydrogen) atoms. The standard InChI is InChI=1S/C20H23NO7/c1-6-18(22)21-14-11-13(7-8-15(14)24-2)28-20(23)12-9-16(25-3)19(27-5)17(10-12)26-4/h7-11H,6H2,1-5H3,(H,21,22). The first-order chi connectivity index (χ1) is 13.5. The Morgan fingerprint density at radius 1 is 0.857 bits per heavy atom. The average molecular weight is 389 g/mol. The van der Waals surface area contributed by atoms with Crippen LogP contribution in [0.4, 0.5) is 5.69 Å². The summed E-state index contributed by atoms with van der Waals surface area (Å²) in [6.07, 6.45) is 0.304. The lowest BCUT2D eigenvalue weighted by Crippen LogP contribution is -2.12. The highest BCUT2D eigenvalue weighted by Crippen LogP contribution is 2.38. The number of carbonyl (C=O) groups is 2. The van der Waals surface area contributed by atoms with Gasteiger partial charge in [0.15, 0.2) is 11.5 Å². The molecule has 0 fully saturated rings. The third-order valence-corrected chi connectivity index (χ3v) is 3.88. The predicted molar refractivity (Wildman–Crippen MR) is 103 cm³/mol. The highest BCUT2D eigenvalue weighted by molar-refractivity contribution is 5.94. The van der Waals surface area contributed by atoms with Crippen LogP contribution in [0.25, 0.3) is 0 Å². The van der Waals surface area contributed by atoms with Crippen LogP contribution in [0.15, 0.2) is 30.3 Å². The lowest BCUT2D eigenvalue weighted by atomic mass is 10.2. The lowest BCUT2D eigenvalue weighted by molar-refractivity contribution is -0.115. The molecular weight excluding hydrogens is 366 g/mol. The summed E-state index contributed by atoms with van der Waals surface area (Å²) in [5.74, 6) is 0.915. The van der Waals surface area contributed by atoms with E-state index in [0.717, 1.165) is 0 Å². The molecule has 2 rings (SSSR count). The molecule has 0 spiro atoms. The molecule has 0 saturated carbocycles. The predicted octanol–water partition coefficient (Wildman–Crippen LogP) is 3.29. The second-order valence-electron chi connectivity index (χ2n) is 5.57. The molecule has 8 nitrogen and oxygen atoms in total. The van der Waals surface area contributed by atoms with Crippen molar-refractivity contribution in [3.63, 3.8) is 0 Å². The minimum absolute atomic E-state index is 0.189. The van der Waals surface area contributed by atoms with Crippen LogP contribution in [0.5, 0.6) is 28.7 Å². The van der Waals surface area contributed by atoms with Gasteiger partial charge in [0.1, 0.15) is 11.5 Å². The molecule has 0 aliphatic heterocycles. The second kappa shape index (κ2) is 9.50. The summed E-state index contributed by atoms with van der Waals surface area (Å²) >= 11 is 0. The summed E-state index contributed by atoms with van der Waals surface area (Å²) in [4.78, 5) is 24.3. The Bertz CT molecular complexity index is 839. The van der Waals surface area contributed by atoms with Gasteiger partial charge in [0.2, 0.25) is 11.7 Å². The van der Waals surface area contributed by atoms with Gasteiger partial charge in [-0.25, -0.2) is 4.79 Å². The molecule has 2 aromatic rings. The number of benzene rings is 2. The van der Waals surface area contributed by atoms with Crippen LogP contribution in [0.1, 0.15) is 23.7 Å². The van der Waals surface area contributed by atoms with Crippen molar-refractivity contribution < 1.29 is 33.3 Å². The average Bonchev–Trinajstić information content (AvgIpc) is 2.72. The van der Waals surface area contributed by atoms with E-state index in [9.17, 15) is 9.59 Å². The van der Waals surface area contributed by atoms with E-state index in [0.29, 0.717) is 35.1 Å². The number of hydrogen-bond donors (Lipinski definition) is 1. The Balaban J connectivity index is 2.32. The van der Waals surface area contributed by atoms with Gasteiger partial charge >= 0.3 is 5.97 Å². The first-order valence-electron chi connectivity index (χ1n) is 8.47. The van der Waals surface area contributed by atoms with Gasteiger partial charge in [-0.2, -0.15) is 0 Å².